The Balaban J connectivity index is 2.62. The lowest BCUT2D eigenvalue weighted by molar-refractivity contribution is 0.114. The van der Waals surface area contributed by atoms with Gasteiger partial charge in [-0.15, -0.1) is 0 Å². The third-order valence-electron chi connectivity index (χ3n) is 3.24. The van der Waals surface area contributed by atoms with Gasteiger partial charge in [0.25, 0.3) is 20.2 Å². The van der Waals surface area contributed by atoms with Crippen molar-refractivity contribution in [1.82, 2.24) is 9.80 Å². The number of rotatable bonds is 4. The van der Waals surface area contributed by atoms with Gasteiger partial charge in [0.1, 0.15) is 10.7 Å². The first-order chi connectivity index (χ1) is 8.03. The highest BCUT2D eigenvalue weighted by Gasteiger charge is 2.32. The van der Waals surface area contributed by atoms with Gasteiger partial charge in [-0.25, -0.2) is 0 Å². The Labute approximate surface area is 107 Å². The second-order valence-electron chi connectivity index (χ2n) is 4.30. The molecular formula is C8H18N2O6S2. The second-order valence-corrected chi connectivity index (χ2v) is 7.72. The van der Waals surface area contributed by atoms with Gasteiger partial charge >= 0.3 is 0 Å². The van der Waals surface area contributed by atoms with Gasteiger partial charge in [0, 0.05) is 26.2 Å². The molecule has 0 unspecified atom stereocenters. The summed E-state index contributed by atoms with van der Waals surface area (Å²) in [7, 11) is -8.26. The van der Waals surface area contributed by atoms with E-state index in [0.717, 1.165) is 0 Å². The van der Waals surface area contributed by atoms with E-state index >= 15 is 0 Å². The normalized spacial score (nSPS) is 23.8. The Morgan fingerprint density at radius 1 is 0.778 bits per heavy atom. The Kier molecular flexibility index (Phi) is 4.73. The van der Waals surface area contributed by atoms with Gasteiger partial charge in [0.15, 0.2) is 0 Å². The van der Waals surface area contributed by atoms with E-state index in [2.05, 4.69) is 0 Å². The highest BCUT2D eigenvalue weighted by Crippen LogP contribution is 2.14. The molecule has 10 heteroatoms. The summed E-state index contributed by atoms with van der Waals surface area (Å²) in [6, 6.07) is 0. The summed E-state index contributed by atoms with van der Waals surface area (Å²) in [5, 5.41) is -2.03. The van der Waals surface area contributed by atoms with Crippen molar-refractivity contribution in [2.45, 2.75) is 24.6 Å². The number of hydrogen-bond donors (Lipinski definition) is 2. The monoisotopic (exact) mass is 302 g/mol. The summed E-state index contributed by atoms with van der Waals surface area (Å²) in [5.74, 6) is 0. The van der Waals surface area contributed by atoms with E-state index in [0.29, 0.717) is 26.2 Å². The van der Waals surface area contributed by atoms with Crippen molar-refractivity contribution in [2.24, 2.45) is 0 Å². The Bertz CT molecular complexity index is 434. The maximum atomic E-state index is 11.0. The molecule has 1 aliphatic heterocycles. The molecule has 1 fully saturated rings. The van der Waals surface area contributed by atoms with Crippen LogP contribution in [0.5, 0.6) is 0 Å². The van der Waals surface area contributed by atoms with Crippen LogP contribution in [0.3, 0.4) is 0 Å². The molecular weight excluding hydrogens is 284 g/mol. The summed E-state index contributed by atoms with van der Waals surface area (Å²) in [5.41, 5.74) is 0. The molecule has 18 heavy (non-hydrogen) atoms. The van der Waals surface area contributed by atoms with Crippen LogP contribution < -0.4 is 0 Å². The average Bonchev–Trinajstić information content (AvgIpc) is 2.25. The summed E-state index contributed by atoms with van der Waals surface area (Å²) in [6.45, 7) is 3.97. The molecule has 8 nitrogen and oxygen atoms in total. The van der Waals surface area contributed by atoms with Gasteiger partial charge in [0.05, 0.1) is 0 Å². The molecule has 0 saturated carbocycles. The fourth-order valence-corrected chi connectivity index (χ4v) is 3.02. The maximum absolute atomic E-state index is 11.0. The molecule has 1 heterocycles. The zero-order chi connectivity index (χ0) is 14.1. The van der Waals surface area contributed by atoms with Crippen molar-refractivity contribution in [2.75, 3.05) is 26.2 Å². The Morgan fingerprint density at radius 2 is 1.00 bits per heavy atom. The molecule has 0 aromatic rings. The van der Waals surface area contributed by atoms with Gasteiger partial charge in [-0.05, 0) is 13.8 Å². The van der Waals surface area contributed by atoms with Crippen molar-refractivity contribution >= 4 is 20.2 Å². The molecule has 0 aromatic carbocycles. The third-order valence-corrected chi connectivity index (χ3v) is 5.56. The van der Waals surface area contributed by atoms with Crippen molar-refractivity contribution in [3.63, 3.8) is 0 Å². The molecule has 0 bridgehead atoms. The summed E-state index contributed by atoms with van der Waals surface area (Å²) >= 11 is 0. The standard InChI is InChI=1S/C8H18N2O6S2/c1-7(17(11,12)13)9-3-5-10(6-4-9)8(2)18(14,15)16/h7-8H,3-6H2,1-2H3,(H,11,12,13)(H,14,15,16)/t7-,8+. The van der Waals surface area contributed by atoms with Crippen molar-refractivity contribution in [1.29, 1.82) is 0 Å². The van der Waals surface area contributed by atoms with Crippen molar-refractivity contribution in [3.05, 3.63) is 0 Å². The number of nitrogens with zero attached hydrogens (tertiary/aromatic N) is 2. The van der Waals surface area contributed by atoms with Crippen molar-refractivity contribution < 1.29 is 25.9 Å². The molecule has 0 amide bonds. The van der Waals surface area contributed by atoms with E-state index in [1.807, 2.05) is 0 Å². The second kappa shape index (κ2) is 5.39. The van der Waals surface area contributed by atoms with E-state index in [1.54, 1.807) is 9.80 Å². The molecule has 0 radical (unpaired) electrons. The highest BCUT2D eigenvalue weighted by atomic mass is 32.2. The van der Waals surface area contributed by atoms with Crippen LogP contribution in [0.4, 0.5) is 0 Å². The third kappa shape index (κ3) is 3.87. The molecule has 0 aromatic heterocycles. The minimum absolute atomic E-state index is 0.306. The first-order valence-corrected chi connectivity index (χ1v) is 8.45. The lowest BCUT2D eigenvalue weighted by atomic mass is 10.3. The quantitative estimate of drug-likeness (QED) is 0.640. The zero-order valence-electron chi connectivity index (χ0n) is 10.2. The Morgan fingerprint density at radius 3 is 1.17 bits per heavy atom. The van der Waals surface area contributed by atoms with E-state index in [-0.39, 0.29) is 0 Å². The van der Waals surface area contributed by atoms with Crippen LogP contribution in [-0.2, 0) is 20.2 Å². The summed E-state index contributed by atoms with van der Waals surface area (Å²) < 4.78 is 61.7. The predicted molar refractivity (Wildman–Crippen MR) is 65.2 cm³/mol. The largest absolute Gasteiger partial charge is 0.284 e. The lowest BCUT2D eigenvalue weighted by Gasteiger charge is -2.38. The topological polar surface area (TPSA) is 115 Å². The first kappa shape index (κ1) is 15.8. The van der Waals surface area contributed by atoms with E-state index < -0.39 is 31.0 Å². The van der Waals surface area contributed by atoms with Gasteiger partial charge in [-0.3, -0.25) is 18.9 Å². The zero-order valence-corrected chi connectivity index (χ0v) is 11.9. The van der Waals surface area contributed by atoms with Crippen LogP contribution in [0.1, 0.15) is 13.8 Å². The van der Waals surface area contributed by atoms with Crippen LogP contribution in [0.25, 0.3) is 0 Å². The van der Waals surface area contributed by atoms with E-state index in [1.165, 1.54) is 13.8 Å². The number of hydrogen-bond acceptors (Lipinski definition) is 6. The van der Waals surface area contributed by atoms with Crippen LogP contribution >= 0.6 is 0 Å². The lowest BCUT2D eigenvalue weighted by Crippen LogP contribution is -2.54. The van der Waals surface area contributed by atoms with Gasteiger partial charge in [-0.1, -0.05) is 0 Å². The molecule has 2 N–H and O–H groups in total. The summed E-state index contributed by atoms with van der Waals surface area (Å²) in [6.07, 6.45) is 0. The minimum atomic E-state index is -4.13. The predicted octanol–water partition coefficient (Wildman–Crippen LogP) is -0.928. The van der Waals surface area contributed by atoms with Gasteiger partial charge in [0.2, 0.25) is 0 Å². The molecule has 1 rings (SSSR count). The SMILES string of the molecule is C[C@H](N1CCN([C@H](C)S(=O)(=O)O)CC1)S(=O)(=O)O. The highest BCUT2D eigenvalue weighted by molar-refractivity contribution is 7.86. The van der Waals surface area contributed by atoms with Crippen LogP contribution in [-0.4, -0.2) is 72.7 Å². The van der Waals surface area contributed by atoms with Crippen LogP contribution in [0.15, 0.2) is 0 Å². The molecule has 1 saturated heterocycles. The van der Waals surface area contributed by atoms with Gasteiger partial charge in [-0.2, -0.15) is 16.8 Å². The van der Waals surface area contributed by atoms with Crippen LogP contribution in [0, 0.1) is 0 Å². The molecule has 108 valence electrons. The fourth-order valence-electron chi connectivity index (χ4n) is 1.84. The minimum Gasteiger partial charge on any atom is -0.284 e. The van der Waals surface area contributed by atoms with Crippen molar-refractivity contribution in [3.8, 4) is 0 Å². The average molecular weight is 302 g/mol. The first-order valence-electron chi connectivity index (χ1n) is 5.44. The fraction of sp³-hybridized carbons (Fsp3) is 1.00. The molecule has 0 spiro atoms. The molecule has 2 atom stereocenters. The van der Waals surface area contributed by atoms with Gasteiger partial charge < -0.3 is 0 Å². The number of piperazine rings is 1. The van der Waals surface area contributed by atoms with E-state index in [4.69, 9.17) is 9.11 Å². The summed E-state index contributed by atoms with van der Waals surface area (Å²) in [4.78, 5) is 3.09. The smallest absolute Gasteiger partial charge is 0.280 e. The molecule has 1 aliphatic rings. The van der Waals surface area contributed by atoms with Crippen LogP contribution in [0.2, 0.25) is 0 Å². The van der Waals surface area contributed by atoms with E-state index in [9.17, 15) is 16.8 Å². The molecule has 0 aliphatic carbocycles. The Hall–Kier alpha value is -0.260. The maximum Gasteiger partial charge on any atom is 0.280 e.